The molecule has 1 rings (SSSR count). The number of quaternary nitrogens is 1. The Bertz CT molecular complexity index is 634. The van der Waals surface area contributed by atoms with Crippen LogP contribution >= 0.6 is 11.6 Å². The van der Waals surface area contributed by atoms with E-state index in [2.05, 4.69) is 20.9 Å². The van der Waals surface area contributed by atoms with Gasteiger partial charge in [-0.2, -0.15) is 0 Å². The van der Waals surface area contributed by atoms with E-state index in [-0.39, 0.29) is 4.90 Å². The molecule has 0 bridgehead atoms. The Labute approximate surface area is 191 Å². The molecule has 0 fully saturated rings. The number of unbranched alkanes of at least 4 members (excludes halogenated alkanes) is 7. The van der Waals surface area contributed by atoms with Crippen LogP contribution < -0.4 is 0 Å². The summed E-state index contributed by atoms with van der Waals surface area (Å²) in [4.78, 5) is -0.178. The summed E-state index contributed by atoms with van der Waals surface area (Å²) in [7, 11) is -1.83. The van der Waals surface area contributed by atoms with Crippen LogP contribution in [-0.2, 0) is 10.1 Å². The minimum absolute atomic E-state index is 0.178. The van der Waals surface area contributed by atoms with Crippen molar-refractivity contribution in [3.63, 3.8) is 0 Å². The van der Waals surface area contributed by atoms with Crippen LogP contribution in [0.3, 0.4) is 0 Å². The first-order valence-electron chi connectivity index (χ1n) is 11.6. The van der Waals surface area contributed by atoms with Gasteiger partial charge in [-0.05, 0) is 44.7 Å². The molecule has 30 heavy (non-hydrogen) atoms. The predicted octanol–water partition coefficient (Wildman–Crippen LogP) is 6.51. The lowest BCUT2D eigenvalue weighted by atomic mass is 10.1. The van der Waals surface area contributed by atoms with Crippen LogP contribution in [0.15, 0.2) is 29.2 Å². The number of nitrogens with zero attached hydrogens (tertiary/aromatic N) is 1. The molecule has 0 N–H and O–H groups in total. The van der Waals surface area contributed by atoms with Crippen molar-refractivity contribution >= 4 is 21.7 Å². The summed E-state index contributed by atoms with van der Waals surface area (Å²) in [5.74, 6) is 0.818. The number of alkyl halides is 1. The molecule has 0 saturated carbocycles. The van der Waals surface area contributed by atoms with E-state index in [4.69, 9.17) is 11.6 Å². The molecule has 1 aromatic carbocycles. The van der Waals surface area contributed by atoms with Crippen LogP contribution in [0.4, 0.5) is 0 Å². The minimum atomic E-state index is -4.27. The van der Waals surface area contributed by atoms with Gasteiger partial charge in [0.05, 0.1) is 31.6 Å². The van der Waals surface area contributed by atoms with Gasteiger partial charge in [-0.25, -0.2) is 8.42 Å². The summed E-state index contributed by atoms with van der Waals surface area (Å²) in [6.45, 7) is 10.4. The third-order valence-electron chi connectivity index (χ3n) is 5.49. The second-order valence-corrected chi connectivity index (χ2v) is 10.3. The molecule has 0 spiro atoms. The van der Waals surface area contributed by atoms with Gasteiger partial charge in [0.1, 0.15) is 10.1 Å². The highest BCUT2D eigenvalue weighted by Gasteiger charge is 2.19. The molecule has 0 aromatic heterocycles. The molecule has 1 atom stereocenters. The van der Waals surface area contributed by atoms with Gasteiger partial charge >= 0.3 is 0 Å². The summed E-state index contributed by atoms with van der Waals surface area (Å²) in [6.07, 6.45) is 13.7. The Morgan fingerprint density at radius 3 is 1.73 bits per heavy atom. The Morgan fingerprint density at radius 2 is 1.23 bits per heavy atom. The molecule has 0 radical (unpaired) electrons. The highest BCUT2D eigenvalue weighted by molar-refractivity contribution is 7.85. The van der Waals surface area contributed by atoms with Crippen LogP contribution in [-0.4, -0.2) is 50.0 Å². The molecule has 0 saturated heterocycles. The summed E-state index contributed by atoms with van der Waals surface area (Å²) < 4.78 is 32.4. The predicted molar refractivity (Wildman–Crippen MR) is 128 cm³/mol. The lowest BCUT2D eigenvalue weighted by Gasteiger charge is -2.35. The largest absolute Gasteiger partial charge is 0.744 e. The van der Waals surface area contributed by atoms with Crippen LogP contribution in [0, 0.1) is 6.92 Å². The second kappa shape index (κ2) is 17.0. The maximum atomic E-state index is 10.4. The first-order chi connectivity index (χ1) is 14.2. The van der Waals surface area contributed by atoms with Gasteiger partial charge in [-0.1, -0.05) is 63.6 Å². The minimum Gasteiger partial charge on any atom is -0.744 e. The van der Waals surface area contributed by atoms with Crippen LogP contribution in [0.1, 0.15) is 83.6 Å². The van der Waals surface area contributed by atoms with E-state index in [1.54, 1.807) is 12.1 Å². The van der Waals surface area contributed by atoms with Gasteiger partial charge in [-0.3, -0.25) is 0 Å². The Kier molecular flexibility index (Phi) is 16.6. The molecule has 176 valence electrons. The van der Waals surface area contributed by atoms with E-state index < -0.39 is 10.1 Å². The molecule has 0 amide bonds. The number of hydrogen-bond donors (Lipinski definition) is 0. The van der Waals surface area contributed by atoms with Crippen LogP contribution in [0.2, 0.25) is 0 Å². The van der Waals surface area contributed by atoms with Crippen LogP contribution in [0.5, 0.6) is 0 Å². The zero-order chi connectivity index (χ0) is 22.9. The third kappa shape index (κ3) is 15.2. The van der Waals surface area contributed by atoms with Crippen molar-refractivity contribution in [3.05, 3.63) is 29.8 Å². The fraction of sp³-hybridized carbons (Fsp3) is 0.750. The summed E-state index contributed by atoms with van der Waals surface area (Å²) in [6, 6.07) is 5.78. The lowest BCUT2D eigenvalue weighted by molar-refractivity contribution is -0.910. The number of hydrogen-bond acceptors (Lipinski definition) is 3. The number of aryl methyl sites for hydroxylation is 1. The maximum Gasteiger partial charge on any atom is 0.124 e. The normalized spacial score (nSPS) is 13.4. The molecule has 1 unspecified atom stereocenters. The van der Waals surface area contributed by atoms with Crippen LogP contribution in [0.25, 0.3) is 0 Å². The number of halogens is 1. The van der Waals surface area contributed by atoms with Crippen molar-refractivity contribution < 1.29 is 17.5 Å². The molecule has 6 heteroatoms. The average Bonchev–Trinajstić information content (AvgIpc) is 2.69. The molecule has 4 nitrogen and oxygen atoms in total. The van der Waals surface area contributed by atoms with Gasteiger partial charge in [0.2, 0.25) is 0 Å². The van der Waals surface area contributed by atoms with E-state index in [0.717, 1.165) is 11.4 Å². The zero-order valence-corrected chi connectivity index (χ0v) is 21.2. The van der Waals surface area contributed by atoms with Gasteiger partial charge in [0.15, 0.2) is 0 Å². The SMILES string of the molecule is CCCCCCCC[N+](C)(CCCCl)CCCCC.Cc1ccc(S(=O)(=O)[O-])cc1. The van der Waals surface area contributed by atoms with Crippen molar-refractivity contribution in [1.82, 2.24) is 0 Å². The highest BCUT2D eigenvalue weighted by atomic mass is 35.5. The van der Waals surface area contributed by atoms with Crippen molar-refractivity contribution in [2.75, 3.05) is 32.6 Å². The topological polar surface area (TPSA) is 57.2 Å². The van der Waals surface area contributed by atoms with E-state index in [0.29, 0.717) is 0 Å². The Balaban J connectivity index is 0.000000642. The lowest BCUT2D eigenvalue weighted by Crippen LogP contribution is -2.46. The van der Waals surface area contributed by atoms with Gasteiger partial charge in [0.25, 0.3) is 0 Å². The molecule has 1 aromatic rings. The summed E-state index contributed by atoms with van der Waals surface area (Å²) in [5, 5.41) is 0. The van der Waals surface area contributed by atoms with E-state index in [1.165, 1.54) is 100 Å². The van der Waals surface area contributed by atoms with E-state index in [9.17, 15) is 13.0 Å². The van der Waals surface area contributed by atoms with Crippen molar-refractivity contribution in [1.29, 1.82) is 0 Å². The molecular weight excluding hydrogens is 418 g/mol. The number of rotatable bonds is 15. The fourth-order valence-corrected chi connectivity index (χ4v) is 4.09. The van der Waals surface area contributed by atoms with Crippen molar-refractivity contribution in [2.24, 2.45) is 0 Å². The summed E-state index contributed by atoms with van der Waals surface area (Å²) in [5.41, 5.74) is 0.928. The first kappa shape index (κ1) is 29.4. The molecule has 0 heterocycles. The third-order valence-corrected chi connectivity index (χ3v) is 6.61. The van der Waals surface area contributed by atoms with E-state index >= 15 is 0 Å². The van der Waals surface area contributed by atoms with Gasteiger partial charge in [-0.15, -0.1) is 11.6 Å². The monoisotopic (exact) mass is 461 g/mol. The standard InChI is InChI=1S/C17H37ClN.C7H8O3S/c1-4-6-8-9-10-12-16-19(3,17-13-14-18)15-11-7-5-2;1-6-2-4-7(5-3-6)11(8,9)10/h4-17H2,1-3H3;2-5H,1H3,(H,8,9,10)/q+1;/p-1. The molecule has 0 aliphatic rings. The second-order valence-electron chi connectivity index (χ2n) is 8.57. The van der Waals surface area contributed by atoms with E-state index in [1.807, 2.05) is 6.92 Å². The summed E-state index contributed by atoms with van der Waals surface area (Å²) >= 11 is 5.88. The van der Waals surface area contributed by atoms with Crippen molar-refractivity contribution in [2.45, 2.75) is 89.9 Å². The molecular formula is C24H44ClNO3S. The average molecular weight is 462 g/mol. The molecule has 0 aliphatic heterocycles. The smallest absolute Gasteiger partial charge is 0.124 e. The first-order valence-corrected chi connectivity index (χ1v) is 13.5. The fourth-order valence-electron chi connectivity index (χ4n) is 3.50. The highest BCUT2D eigenvalue weighted by Crippen LogP contribution is 2.13. The van der Waals surface area contributed by atoms with Gasteiger partial charge in [0, 0.05) is 12.3 Å². The van der Waals surface area contributed by atoms with Crippen molar-refractivity contribution in [3.8, 4) is 0 Å². The Hall–Kier alpha value is -0.620. The van der Waals surface area contributed by atoms with Gasteiger partial charge < -0.3 is 9.04 Å². The molecule has 0 aliphatic carbocycles. The maximum absolute atomic E-state index is 10.4. The number of benzene rings is 1. The quantitative estimate of drug-likeness (QED) is 0.129. The Morgan fingerprint density at radius 1 is 0.800 bits per heavy atom. The zero-order valence-electron chi connectivity index (χ0n) is 19.7.